The van der Waals surface area contributed by atoms with E-state index in [-0.39, 0.29) is 6.54 Å². The van der Waals surface area contributed by atoms with Crippen LogP contribution in [0.25, 0.3) is 0 Å². The lowest BCUT2D eigenvalue weighted by molar-refractivity contribution is -0.778. The van der Waals surface area contributed by atoms with Gasteiger partial charge in [-0.3, -0.25) is 0 Å². The number of rotatable bonds is 15. The van der Waals surface area contributed by atoms with Crippen molar-refractivity contribution in [3.05, 3.63) is 24.6 Å². The Morgan fingerprint density at radius 1 is 1.16 bits per heavy atom. The summed E-state index contributed by atoms with van der Waals surface area (Å²) in [5.41, 5.74) is 5.69. The molecule has 1 aliphatic rings. The zero-order valence-electron chi connectivity index (χ0n) is 15.8. The van der Waals surface area contributed by atoms with Gasteiger partial charge in [0.15, 0.2) is 6.54 Å². The first-order chi connectivity index (χ1) is 12.1. The molecule has 0 aromatic heterocycles. The molecule has 1 rings (SSSR count). The number of carbonyl (C=O) groups is 1. The van der Waals surface area contributed by atoms with E-state index in [4.69, 9.17) is 5.73 Å². The molecule has 1 unspecified atom stereocenters. The molecule has 1 aliphatic heterocycles. The van der Waals surface area contributed by atoms with E-state index in [1.54, 1.807) is 6.20 Å². The molecule has 0 saturated heterocycles. The van der Waals surface area contributed by atoms with Gasteiger partial charge in [-0.15, -0.1) is 0 Å². The number of quaternary nitrogens is 1. The Kier molecular flexibility index (Phi) is 11.1. The number of carboxylic acids is 1. The van der Waals surface area contributed by atoms with Crippen molar-refractivity contribution in [3.8, 4) is 0 Å². The van der Waals surface area contributed by atoms with Crippen LogP contribution in [0.5, 0.6) is 0 Å². The normalized spacial score (nSPS) is 19.7. The maximum absolute atomic E-state index is 11.2. The third-order valence-electron chi connectivity index (χ3n) is 4.70. The van der Waals surface area contributed by atoms with Crippen LogP contribution in [-0.4, -0.2) is 41.0 Å². The summed E-state index contributed by atoms with van der Waals surface area (Å²) in [6, 6.07) is 0. The van der Waals surface area contributed by atoms with Crippen LogP contribution in [0.2, 0.25) is 0 Å². The fourth-order valence-electron chi connectivity index (χ4n) is 3.28. The number of allylic oxidation sites excluding steroid dienone is 2. The second kappa shape index (κ2) is 12.8. The first kappa shape index (κ1) is 21.6. The third kappa shape index (κ3) is 8.45. The van der Waals surface area contributed by atoms with Crippen LogP contribution in [0.1, 0.15) is 71.1 Å². The molecule has 1 atom stereocenters. The highest BCUT2D eigenvalue weighted by Crippen LogP contribution is 2.21. The zero-order valence-corrected chi connectivity index (χ0v) is 15.8. The zero-order chi connectivity index (χ0) is 18.4. The van der Waals surface area contributed by atoms with Crippen LogP contribution in [0.3, 0.4) is 0 Å². The second-order valence-corrected chi connectivity index (χ2v) is 6.86. The van der Waals surface area contributed by atoms with Crippen LogP contribution in [0.4, 0.5) is 0 Å². The van der Waals surface area contributed by atoms with E-state index in [2.05, 4.69) is 24.1 Å². The number of amidine groups is 1. The summed E-state index contributed by atoms with van der Waals surface area (Å²) in [7, 11) is 0. The average Bonchev–Trinajstić information content (AvgIpc) is 2.94. The molecule has 0 aromatic carbocycles. The van der Waals surface area contributed by atoms with Gasteiger partial charge in [0.1, 0.15) is 12.7 Å². The Balaban J connectivity index is 2.19. The highest BCUT2D eigenvalue weighted by atomic mass is 16.4. The smallest absolute Gasteiger partial charge is 0.360 e. The van der Waals surface area contributed by atoms with Gasteiger partial charge in [0.25, 0.3) is 0 Å². The predicted molar refractivity (Wildman–Crippen MR) is 104 cm³/mol. The summed E-state index contributed by atoms with van der Waals surface area (Å²) in [6.07, 6.45) is 20.1. The molecule has 5 nitrogen and oxygen atoms in total. The monoisotopic (exact) mass is 350 g/mol. The molecule has 0 amide bonds. The lowest BCUT2D eigenvalue weighted by Gasteiger charge is -2.30. The van der Waals surface area contributed by atoms with Gasteiger partial charge in [-0.25, -0.2) is 14.3 Å². The van der Waals surface area contributed by atoms with E-state index in [0.717, 1.165) is 18.7 Å². The molecular formula is C20H36N3O2+. The summed E-state index contributed by atoms with van der Waals surface area (Å²) < 4.78 is 0.298. The summed E-state index contributed by atoms with van der Waals surface area (Å²) in [5.74, 6) is 0.141. The van der Waals surface area contributed by atoms with Crippen LogP contribution >= 0.6 is 0 Å². The maximum Gasteiger partial charge on any atom is 0.360 e. The molecule has 3 N–H and O–H groups in total. The minimum atomic E-state index is -0.807. The fraction of sp³-hybridized carbons (Fsp3) is 0.700. The Bertz CT molecular complexity index is 472. The molecule has 0 radical (unpaired) electrons. The Hall–Kier alpha value is -1.46. The average molecular weight is 351 g/mol. The van der Waals surface area contributed by atoms with Gasteiger partial charge < -0.3 is 10.8 Å². The lowest BCUT2D eigenvalue weighted by atomic mass is 10.1. The van der Waals surface area contributed by atoms with E-state index in [1.807, 2.05) is 6.20 Å². The van der Waals surface area contributed by atoms with Crippen molar-refractivity contribution in [2.75, 3.05) is 19.6 Å². The van der Waals surface area contributed by atoms with Crippen molar-refractivity contribution in [2.45, 2.75) is 71.1 Å². The maximum atomic E-state index is 11.2. The van der Waals surface area contributed by atoms with E-state index in [9.17, 15) is 9.90 Å². The van der Waals surface area contributed by atoms with Crippen molar-refractivity contribution in [2.24, 2.45) is 10.7 Å². The van der Waals surface area contributed by atoms with Crippen LogP contribution in [-0.2, 0) is 4.79 Å². The van der Waals surface area contributed by atoms with Crippen molar-refractivity contribution < 1.29 is 14.4 Å². The molecule has 25 heavy (non-hydrogen) atoms. The Labute approximate surface area is 152 Å². The molecule has 0 spiro atoms. The van der Waals surface area contributed by atoms with E-state index in [0.29, 0.717) is 17.6 Å². The quantitative estimate of drug-likeness (QED) is 0.264. The van der Waals surface area contributed by atoms with Gasteiger partial charge in [-0.1, -0.05) is 44.8 Å². The Morgan fingerprint density at radius 3 is 2.48 bits per heavy atom. The topological polar surface area (TPSA) is 75.7 Å². The summed E-state index contributed by atoms with van der Waals surface area (Å²) >= 11 is 0. The largest absolute Gasteiger partial charge is 0.477 e. The van der Waals surface area contributed by atoms with Crippen LogP contribution < -0.4 is 5.73 Å². The number of aliphatic carboxylic acids is 1. The van der Waals surface area contributed by atoms with Gasteiger partial charge in [0, 0.05) is 13.0 Å². The molecule has 5 heteroatoms. The summed E-state index contributed by atoms with van der Waals surface area (Å²) in [5, 5.41) is 9.19. The summed E-state index contributed by atoms with van der Waals surface area (Å²) in [6.45, 7) is 3.33. The fourth-order valence-corrected chi connectivity index (χ4v) is 3.28. The molecule has 0 aromatic rings. The predicted octanol–water partition coefficient (Wildman–Crippen LogP) is 4.21. The number of nitrogens with two attached hydrogens (primary N) is 1. The molecular weight excluding hydrogens is 314 g/mol. The minimum Gasteiger partial charge on any atom is -0.477 e. The van der Waals surface area contributed by atoms with Gasteiger partial charge in [-0.2, -0.15) is 0 Å². The van der Waals surface area contributed by atoms with Crippen molar-refractivity contribution in [1.29, 1.82) is 0 Å². The molecule has 0 saturated carbocycles. The molecule has 0 bridgehead atoms. The SMILES string of the molecule is CCCCC/C=C/CCCCCCC1=NC=C[N+]1(CCN)CC(=O)O. The number of aliphatic imine (C=N–C) groups is 1. The summed E-state index contributed by atoms with van der Waals surface area (Å²) in [4.78, 5) is 15.6. The third-order valence-corrected chi connectivity index (χ3v) is 4.70. The molecule has 1 heterocycles. The van der Waals surface area contributed by atoms with Crippen LogP contribution in [0, 0.1) is 0 Å². The number of carboxylic acid groups (broad SMARTS) is 1. The van der Waals surface area contributed by atoms with Crippen molar-refractivity contribution >= 4 is 11.8 Å². The highest BCUT2D eigenvalue weighted by Gasteiger charge is 2.36. The van der Waals surface area contributed by atoms with Crippen LogP contribution in [0.15, 0.2) is 29.5 Å². The second-order valence-electron chi connectivity index (χ2n) is 6.86. The Morgan fingerprint density at radius 2 is 1.84 bits per heavy atom. The van der Waals surface area contributed by atoms with Crippen molar-refractivity contribution in [1.82, 2.24) is 0 Å². The first-order valence-corrected chi connectivity index (χ1v) is 9.83. The van der Waals surface area contributed by atoms with Gasteiger partial charge >= 0.3 is 5.97 Å². The van der Waals surface area contributed by atoms with E-state index in [1.165, 1.54) is 51.4 Å². The number of hydrogen-bond donors (Lipinski definition) is 2. The molecule has 0 aliphatic carbocycles. The van der Waals surface area contributed by atoms with E-state index < -0.39 is 5.97 Å². The van der Waals surface area contributed by atoms with Crippen molar-refractivity contribution in [3.63, 3.8) is 0 Å². The standard InChI is InChI=1S/C20H35N3O2/c1-2-3-4-5-6-7-8-9-10-11-12-13-19-22-15-17-23(19,16-14-21)18-20(24)25/h6-7,15,17H,2-5,8-14,16,18,21H2,1H3/p+1/b7-6+. The lowest BCUT2D eigenvalue weighted by Crippen LogP contribution is -2.52. The van der Waals surface area contributed by atoms with Gasteiger partial charge in [-0.05, 0) is 32.1 Å². The highest BCUT2D eigenvalue weighted by molar-refractivity contribution is 5.81. The number of unbranched alkanes of at least 4 members (excludes halogenated alkanes) is 7. The van der Waals surface area contributed by atoms with E-state index >= 15 is 0 Å². The van der Waals surface area contributed by atoms with Gasteiger partial charge in [0.2, 0.25) is 5.84 Å². The molecule has 142 valence electrons. The number of nitrogens with zero attached hydrogens (tertiary/aromatic N) is 2. The minimum absolute atomic E-state index is 0.0371. The number of hydrogen-bond acceptors (Lipinski definition) is 3. The first-order valence-electron chi connectivity index (χ1n) is 9.83. The molecule has 0 fully saturated rings. The van der Waals surface area contributed by atoms with Gasteiger partial charge in [0.05, 0.1) is 6.20 Å².